The molecule has 0 aliphatic carbocycles. The zero-order valence-electron chi connectivity index (χ0n) is 16.7. The van der Waals surface area contributed by atoms with Gasteiger partial charge in [-0.05, 0) is 61.2 Å². The Labute approximate surface area is 169 Å². The van der Waals surface area contributed by atoms with Gasteiger partial charge in [-0.25, -0.2) is 0 Å². The third-order valence-corrected chi connectivity index (χ3v) is 5.14. The molecular weight excluding hydrogens is 346 g/mol. The van der Waals surface area contributed by atoms with E-state index in [1.165, 1.54) is 49.0 Å². The Morgan fingerprint density at radius 1 is 0.929 bits per heavy atom. The molecule has 0 unspecified atom stereocenters. The third kappa shape index (κ3) is 6.99. The average molecular weight is 378 g/mol. The number of piperidine rings is 1. The number of ether oxygens (including phenoxy) is 1. The monoisotopic (exact) mass is 377 g/mol. The van der Waals surface area contributed by atoms with Crippen molar-refractivity contribution in [3.8, 4) is 11.8 Å². The van der Waals surface area contributed by atoms with E-state index in [0.29, 0.717) is 13.0 Å². The first-order chi connectivity index (χ1) is 13.8. The van der Waals surface area contributed by atoms with Crippen LogP contribution in [0.25, 0.3) is 0 Å². The molecule has 1 aliphatic heterocycles. The van der Waals surface area contributed by atoms with Crippen molar-refractivity contribution in [2.24, 2.45) is 0 Å². The Balaban J connectivity index is 1.40. The minimum Gasteiger partial charge on any atom is -0.494 e. The zero-order valence-corrected chi connectivity index (χ0v) is 16.7. The second kappa shape index (κ2) is 11.5. The SMILES string of the molecule is N#CCCCOc1cccc(CNCc2ccc(CN3CCCCC3)cc2)c1. The van der Waals surface area contributed by atoms with E-state index in [1.54, 1.807) is 0 Å². The number of nitrogens with one attached hydrogen (secondary N) is 1. The van der Waals surface area contributed by atoms with E-state index >= 15 is 0 Å². The number of hydrogen-bond donors (Lipinski definition) is 1. The molecule has 0 atom stereocenters. The third-order valence-electron chi connectivity index (χ3n) is 5.14. The van der Waals surface area contributed by atoms with E-state index in [0.717, 1.165) is 31.8 Å². The Hall–Kier alpha value is -2.35. The van der Waals surface area contributed by atoms with E-state index in [1.807, 2.05) is 12.1 Å². The van der Waals surface area contributed by atoms with E-state index in [-0.39, 0.29) is 0 Å². The van der Waals surface area contributed by atoms with Crippen LogP contribution in [0.5, 0.6) is 5.75 Å². The van der Waals surface area contributed by atoms with Gasteiger partial charge in [-0.2, -0.15) is 5.26 Å². The van der Waals surface area contributed by atoms with Crippen molar-refractivity contribution < 1.29 is 4.74 Å². The summed E-state index contributed by atoms with van der Waals surface area (Å²) in [6.07, 6.45) is 5.38. The van der Waals surface area contributed by atoms with Crippen LogP contribution in [0.3, 0.4) is 0 Å². The van der Waals surface area contributed by atoms with Crippen LogP contribution in [0.15, 0.2) is 48.5 Å². The van der Waals surface area contributed by atoms with Crippen LogP contribution in [0.2, 0.25) is 0 Å². The van der Waals surface area contributed by atoms with Gasteiger partial charge in [0.2, 0.25) is 0 Å². The lowest BCUT2D eigenvalue weighted by Gasteiger charge is -2.26. The molecule has 1 aliphatic rings. The van der Waals surface area contributed by atoms with Crippen LogP contribution in [-0.4, -0.2) is 24.6 Å². The summed E-state index contributed by atoms with van der Waals surface area (Å²) in [5.41, 5.74) is 3.93. The van der Waals surface area contributed by atoms with E-state index in [9.17, 15) is 0 Å². The van der Waals surface area contributed by atoms with Gasteiger partial charge in [0.1, 0.15) is 5.75 Å². The maximum Gasteiger partial charge on any atom is 0.119 e. The van der Waals surface area contributed by atoms with Crippen molar-refractivity contribution in [3.05, 3.63) is 65.2 Å². The van der Waals surface area contributed by atoms with Gasteiger partial charge in [0.05, 0.1) is 12.7 Å². The second-order valence-electron chi connectivity index (χ2n) is 7.51. The van der Waals surface area contributed by atoms with Crippen molar-refractivity contribution >= 4 is 0 Å². The van der Waals surface area contributed by atoms with Gasteiger partial charge in [-0.3, -0.25) is 4.90 Å². The highest BCUT2D eigenvalue weighted by Crippen LogP contribution is 2.15. The zero-order chi connectivity index (χ0) is 19.4. The summed E-state index contributed by atoms with van der Waals surface area (Å²) in [4.78, 5) is 2.56. The second-order valence-corrected chi connectivity index (χ2v) is 7.51. The maximum absolute atomic E-state index is 8.57. The van der Waals surface area contributed by atoms with Crippen molar-refractivity contribution in [3.63, 3.8) is 0 Å². The molecule has 0 radical (unpaired) electrons. The number of rotatable bonds is 10. The van der Waals surface area contributed by atoms with Gasteiger partial charge in [-0.1, -0.05) is 42.8 Å². The average Bonchev–Trinajstić information content (AvgIpc) is 2.74. The molecule has 4 heteroatoms. The van der Waals surface area contributed by atoms with Crippen LogP contribution in [0.4, 0.5) is 0 Å². The smallest absolute Gasteiger partial charge is 0.119 e. The largest absolute Gasteiger partial charge is 0.494 e. The maximum atomic E-state index is 8.57. The first kappa shape index (κ1) is 20.4. The minimum atomic E-state index is 0.540. The normalized spacial score (nSPS) is 14.5. The van der Waals surface area contributed by atoms with Crippen LogP contribution < -0.4 is 10.1 Å². The standard InChI is InChI=1S/C24H31N3O/c25-13-2-5-16-28-24-8-6-7-23(17-24)19-26-18-21-9-11-22(12-10-21)20-27-14-3-1-4-15-27/h6-12,17,26H,1-5,14-16,18-20H2. The summed E-state index contributed by atoms with van der Waals surface area (Å²) in [5.74, 6) is 0.874. The highest BCUT2D eigenvalue weighted by Gasteiger charge is 2.10. The van der Waals surface area contributed by atoms with Gasteiger partial charge in [0.15, 0.2) is 0 Å². The van der Waals surface area contributed by atoms with Crippen molar-refractivity contribution in [2.75, 3.05) is 19.7 Å². The van der Waals surface area contributed by atoms with Gasteiger partial charge in [0.25, 0.3) is 0 Å². The molecule has 0 spiro atoms. The van der Waals surface area contributed by atoms with E-state index in [2.05, 4.69) is 52.7 Å². The minimum absolute atomic E-state index is 0.540. The van der Waals surface area contributed by atoms with Crippen molar-refractivity contribution in [1.82, 2.24) is 10.2 Å². The predicted molar refractivity (Wildman–Crippen MR) is 113 cm³/mol. The van der Waals surface area contributed by atoms with E-state index < -0.39 is 0 Å². The first-order valence-corrected chi connectivity index (χ1v) is 10.4. The topological polar surface area (TPSA) is 48.3 Å². The molecule has 3 rings (SSSR count). The quantitative estimate of drug-likeness (QED) is 0.613. The summed E-state index contributed by atoms with van der Waals surface area (Å²) in [7, 11) is 0. The number of nitrogens with zero attached hydrogens (tertiary/aromatic N) is 2. The fraction of sp³-hybridized carbons (Fsp3) is 0.458. The highest BCUT2D eigenvalue weighted by atomic mass is 16.5. The highest BCUT2D eigenvalue weighted by molar-refractivity contribution is 5.28. The Bertz CT molecular complexity index is 745. The molecule has 2 aromatic rings. The van der Waals surface area contributed by atoms with Crippen LogP contribution in [0.1, 0.15) is 48.8 Å². The molecule has 0 aromatic heterocycles. The lowest BCUT2D eigenvalue weighted by Crippen LogP contribution is -2.29. The molecule has 1 fully saturated rings. The van der Waals surface area contributed by atoms with Gasteiger partial charge in [-0.15, -0.1) is 0 Å². The summed E-state index contributed by atoms with van der Waals surface area (Å²) in [6.45, 7) is 5.82. The van der Waals surface area contributed by atoms with Crippen LogP contribution in [0, 0.1) is 11.3 Å². The van der Waals surface area contributed by atoms with Crippen LogP contribution >= 0.6 is 0 Å². The summed E-state index contributed by atoms with van der Waals surface area (Å²) >= 11 is 0. The molecule has 0 amide bonds. The molecule has 148 valence electrons. The molecule has 1 heterocycles. The van der Waals surface area contributed by atoms with Gasteiger partial charge >= 0.3 is 0 Å². The number of likely N-dealkylation sites (tertiary alicyclic amines) is 1. The first-order valence-electron chi connectivity index (χ1n) is 10.4. The summed E-state index contributed by atoms with van der Waals surface area (Å²) in [6, 6.07) is 19.3. The molecule has 1 saturated heterocycles. The van der Waals surface area contributed by atoms with Crippen molar-refractivity contribution in [1.29, 1.82) is 5.26 Å². The molecule has 0 saturated carbocycles. The Morgan fingerprint density at radius 2 is 1.68 bits per heavy atom. The Kier molecular flexibility index (Phi) is 8.36. The molecule has 4 nitrogen and oxygen atoms in total. The van der Waals surface area contributed by atoms with E-state index in [4.69, 9.17) is 10.00 Å². The summed E-state index contributed by atoms with van der Waals surface area (Å²) in [5, 5.41) is 12.1. The molecule has 0 bridgehead atoms. The van der Waals surface area contributed by atoms with Crippen molar-refractivity contribution in [2.45, 2.75) is 51.7 Å². The number of hydrogen-bond acceptors (Lipinski definition) is 4. The fourth-order valence-corrected chi connectivity index (χ4v) is 3.58. The summed E-state index contributed by atoms with van der Waals surface area (Å²) < 4.78 is 5.71. The predicted octanol–water partition coefficient (Wildman–Crippen LogP) is 4.64. The molecule has 28 heavy (non-hydrogen) atoms. The molecule has 1 N–H and O–H groups in total. The Morgan fingerprint density at radius 3 is 2.46 bits per heavy atom. The number of unbranched alkanes of at least 4 members (excludes halogenated alkanes) is 1. The molecule has 2 aromatic carbocycles. The number of nitriles is 1. The van der Waals surface area contributed by atoms with Crippen LogP contribution in [-0.2, 0) is 19.6 Å². The lowest BCUT2D eigenvalue weighted by molar-refractivity contribution is 0.221. The number of benzene rings is 2. The fourth-order valence-electron chi connectivity index (χ4n) is 3.58. The molecular formula is C24H31N3O. The van der Waals surface area contributed by atoms with Gasteiger partial charge < -0.3 is 10.1 Å². The van der Waals surface area contributed by atoms with Gasteiger partial charge in [0, 0.05) is 26.1 Å². The lowest BCUT2D eigenvalue weighted by atomic mass is 10.1.